The number of benzene rings is 1. The standard InChI is InChI=1S/C22H36N4O2.HI/c1-3-18-9-8-10-19(15-18)26-20(28)16-24-21(23-4-2)25-17-22(13-14-27)11-6-5-7-12-22;/h8-10,15,27H,3-7,11-14,16-17H2,1-2H3,(H,26,28)(H2,23,24,25);1H. The normalized spacial score (nSPS) is 15.9. The van der Waals surface area contributed by atoms with Crippen LogP contribution < -0.4 is 16.0 Å². The van der Waals surface area contributed by atoms with E-state index in [1.807, 2.05) is 25.1 Å². The van der Waals surface area contributed by atoms with E-state index in [1.165, 1.54) is 24.8 Å². The molecule has 164 valence electrons. The molecule has 0 saturated heterocycles. The number of aryl methyl sites for hydroxylation is 1. The number of hydrogen-bond donors (Lipinski definition) is 4. The Morgan fingerprint density at radius 3 is 2.59 bits per heavy atom. The second kappa shape index (κ2) is 13.8. The highest BCUT2D eigenvalue weighted by molar-refractivity contribution is 14.0. The van der Waals surface area contributed by atoms with Crippen LogP contribution in [0.3, 0.4) is 0 Å². The Kier molecular flexibility index (Phi) is 12.2. The Balaban J connectivity index is 0.00000420. The lowest BCUT2D eigenvalue weighted by Gasteiger charge is -2.37. The van der Waals surface area contributed by atoms with E-state index in [0.717, 1.165) is 44.5 Å². The number of guanidine groups is 1. The second-order valence-corrected chi connectivity index (χ2v) is 7.69. The molecule has 4 N–H and O–H groups in total. The van der Waals surface area contributed by atoms with Gasteiger partial charge < -0.3 is 21.1 Å². The Morgan fingerprint density at radius 1 is 1.17 bits per heavy atom. The molecule has 0 spiro atoms. The van der Waals surface area contributed by atoms with Crippen LogP contribution in [0.15, 0.2) is 29.3 Å². The number of hydrogen-bond acceptors (Lipinski definition) is 3. The minimum Gasteiger partial charge on any atom is -0.396 e. The molecule has 0 aliphatic heterocycles. The van der Waals surface area contributed by atoms with Gasteiger partial charge >= 0.3 is 0 Å². The number of carbonyl (C=O) groups is 1. The fourth-order valence-electron chi connectivity index (χ4n) is 3.89. The quantitative estimate of drug-likeness (QED) is 0.229. The van der Waals surface area contributed by atoms with Gasteiger partial charge in [-0.25, -0.2) is 4.99 Å². The van der Waals surface area contributed by atoms with E-state index in [9.17, 15) is 9.90 Å². The van der Waals surface area contributed by atoms with Crippen molar-refractivity contribution in [3.05, 3.63) is 29.8 Å². The van der Waals surface area contributed by atoms with Gasteiger partial charge in [0.25, 0.3) is 0 Å². The van der Waals surface area contributed by atoms with E-state index >= 15 is 0 Å². The lowest BCUT2D eigenvalue weighted by atomic mass is 9.72. The third kappa shape index (κ3) is 8.90. The average Bonchev–Trinajstić information content (AvgIpc) is 2.71. The Hall–Kier alpha value is -1.35. The number of amides is 1. The smallest absolute Gasteiger partial charge is 0.246 e. The van der Waals surface area contributed by atoms with Crippen molar-refractivity contribution in [2.75, 3.05) is 31.6 Å². The zero-order valence-corrected chi connectivity index (χ0v) is 20.1. The van der Waals surface area contributed by atoms with Crippen molar-refractivity contribution in [3.8, 4) is 0 Å². The average molecular weight is 516 g/mol. The highest BCUT2D eigenvalue weighted by atomic mass is 127. The molecule has 0 radical (unpaired) electrons. The van der Waals surface area contributed by atoms with Crippen molar-refractivity contribution in [1.82, 2.24) is 10.6 Å². The second-order valence-electron chi connectivity index (χ2n) is 7.69. The predicted octanol–water partition coefficient (Wildman–Crippen LogP) is 3.69. The van der Waals surface area contributed by atoms with Crippen LogP contribution in [0.5, 0.6) is 0 Å². The fourth-order valence-corrected chi connectivity index (χ4v) is 3.89. The first kappa shape index (κ1) is 25.7. The Morgan fingerprint density at radius 2 is 1.93 bits per heavy atom. The number of aliphatic hydroxyl groups excluding tert-OH is 1. The van der Waals surface area contributed by atoms with E-state index in [4.69, 9.17) is 0 Å². The summed E-state index contributed by atoms with van der Waals surface area (Å²) in [6.07, 6.45) is 7.73. The summed E-state index contributed by atoms with van der Waals surface area (Å²) >= 11 is 0. The maximum absolute atomic E-state index is 12.3. The summed E-state index contributed by atoms with van der Waals surface area (Å²) in [5.74, 6) is 0.524. The summed E-state index contributed by atoms with van der Waals surface area (Å²) in [5, 5.41) is 19.0. The molecule has 6 nitrogen and oxygen atoms in total. The lowest BCUT2D eigenvalue weighted by Crippen LogP contribution is -2.45. The van der Waals surface area contributed by atoms with Gasteiger partial charge in [0.05, 0.1) is 0 Å². The zero-order valence-electron chi connectivity index (χ0n) is 17.8. The van der Waals surface area contributed by atoms with Gasteiger partial charge in [0, 0.05) is 25.4 Å². The van der Waals surface area contributed by atoms with Crippen molar-refractivity contribution < 1.29 is 9.90 Å². The lowest BCUT2D eigenvalue weighted by molar-refractivity contribution is -0.114. The van der Waals surface area contributed by atoms with E-state index in [1.54, 1.807) is 0 Å². The van der Waals surface area contributed by atoms with Crippen molar-refractivity contribution in [1.29, 1.82) is 0 Å². The number of carbonyl (C=O) groups excluding carboxylic acids is 1. The molecule has 1 aliphatic rings. The monoisotopic (exact) mass is 516 g/mol. The first-order valence-electron chi connectivity index (χ1n) is 10.6. The molecule has 0 aromatic heterocycles. The van der Waals surface area contributed by atoms with Gasteiger partial charge in [-0.05, 0) is 55.7 Å². The van der Waals surface area contributed by atoms with Crippen molar-refractivity contribution in [2.45, 2.75) is 58.8 Å². The van der Waals surface area contributed by atoms with Gasteiger partial charge in [0.1, 0.15) is 6.54 Å². The van der Waals surface area contributed by atoms with Crippen LogP contribution in [0.2, 0.25) is 0 Å². The number of aliphatic hydroxyl groups is 1. The van der Waals surface area contributed by atoms with Crippen LogP contribution in [0, 0.1) is 5.41 Å². The number of nitrogens with one attached hydrogen (secondary N) is 3. The molecule has 0 unspecified atom stereocenters. The molecular formula is C22H37IN4O2. The molecule has 29 heavy (non-hydrogen) atoms. The van der Waals surface area contributed by atoms with Gasteiger partial charge in [-0.3, -0.25) is 4.79 Å². The molecule has 0 bridgehead atoms. The predicted molar refractivity (Wildman–Crippen MR) is 131 cm³/mol. The SMILES string of the molecule is CCNC(=NCC(=O)Nc1cccc(CC)c1)NCC1(CCO)CCCCC1.I. The van der Waals surface area contributed by atoms with Gasteiger partial charge in [0.15, 0.2) is 5.96 Å². The topological polar surface area (TPSA) is 85.8 Å². The molecule has 1 saturated carbocycles. The van der Waals surface area contributed by atoms with Gasteiger partial charge in [-0.1, -0.05) is 38.3 Å². The molecule has 2 rings (SSSR count). The number of anilines is 1. The molecule has 0 heterocycles. The van der Waals surface area contributed by atoms with Gasteiger partial charge in [0.2, 0.25) is 5.91 Å². The van der Waals surface area contributed by atoms with E-state index in [0.29, 0.717) is 5.96 Å². The van der Waals surface area contributed by atoms with Crippen LogP contribution in [0.1, 0.15) is 57.9 Å². The van der Waals surface area contributed by atoms with Crippen LogP contribution in [0.4, 0.5) is 5.69 Å². The maximum atomic E-state index is 12.3. The Bertz CT molecular complexity index is 640. The minimum atomic E-state index is -0.131. The molecular weight excluding hydrogens is 479 g/mol. The molecule has 7 heteroatoms. The summed E-state index contributed by atoms with van der Waals surface area (Å²) in [6, 6.07) is 7.89. The van der Waals surface area contributed by atoms with Crippen LogP contribution in [-0.2, 0) is 11.2 Å². The van der Waals surface area contributed by atoms with Gasteiger partial charge in [-0.2, -0.15) is 0 Å². The minimum absolute atomic E-state index is 0. The number of aliphatic imine (C=N–C) groups is 1. The van der Waals surface area contributed by atoms with E-state index in [-0.39, 0.29) is 48.5 Å². The third-order valence-electron chi connectivity index (χ3n) is 5.53. The van der Waals surface area contributed by atoms with Crippen molar-refractivity contribution >= 4 is 41.5 Å². The first-order valence-corrected chi connectivity index (χ1v) is 10.6. The number of halogens is 1. The number of rotatable bonds is 9. The van der Waals surface area contributed by atoms with Crippen LogP contribution >= 0.6 is 24.0 Å². The molecule has 1 aromatic carbocycles. The summed E-state index contributed by atoms with van der Waals surface area (Å²) in [5.41, 5.74) is 2.13. The fraction of sp³-hybridized carbons (Fsp3) is 0.636. The van der Waals surface area contributed by atoms with E-state index < -0.39 is 0 Å². The third-order valence-corrected chi connectivity index (χ3v) is 5.53. The largest absolute Gasteiger partial charge is 0.396 e. The van der Waals surface area contributed by atoms with Crippen LogP contribution in [-0.4, -0.2) is 43.2 Å². The number of nitrogens with zero attached hydrogens (tertiary/aromatic N) is 1. The highest BCUT2D eigenvalue weighted by Gasteiger charge is 2.31. The molecule has 1 aliphatic carbocycles. The summed E-state index contributed by atoms with van der Waals surface area (Å²) in [4.78, 5) is 16.7. The van der Waals surface area contributed by atoms with Gasteiger partial charge in [-0.15, -0.1) is 24.0 Å². The zero-order chi connectivity index (χ0) is 20.2. The summed E-state index contributed by atoms with van der Waals surface area (Å²) in [7, 11) is 0. The first-order chi connectivity index (χ1) is 13.6. The summed E-state index contributed by atoms with van der Waals surface area (Å²) < 4.78 is 0. The maximum Gasteiger partial charge on any atom is 0.246 e. The van der Waals surface area contributed by atoms with Crippen molar-refractivity contribution in [2.24, 2.45) is 10.4 Å². The van der Waals surface area contributed by atoms with E-state index in [2.05, 4.69) is 33.9 Å². The Labute approximate surface area is 192 Å². The van der Waals surface area contributed by atoms with Crippen molar-refractivity contribution in [3.63, 3.8) is 0 Å². The summed E-state index contributed by atoms with van der Waals surface area (Å²) in [6.45, 7) is 5.90. The molecule has 1 fully saturated rings. The molecule has 1 aromatic rings. The van der Waals surface area contributed by atoms with Crippen LogP contribution in [0.25, 0.3) is 0 Å². The highest BCUT2D eigenvalue weighted by Crippen LogP contribution is 2.38. The molecule has 1 amide bonds. The molecule has 0 atom stereocenters.